The lowest BCUT2D eigenvalue weighted by atomic mass is 9.83. The summed E-state index contributed by atoms with van der Waals surface area (Å²) >= 11 is 0. The number of halogens is 3. The Morgan fingerprint density at radius 1 is 1.36 bits per heavy atom. The Hall–Kier alpha value is -1.73. The van der Waals surface area contributed by atoms with E-state index in [4.69, 9.17) is 10.00 Å². The maximum atomic E-state index is 13.2. The molecule has 0 unspecified atom stereocenters. The highest BCUT2D eigenvalue weighted by Crippen LogP contribution is 2.71. The average molecular weight is 372 g/mol. The minimum Gasteiger partial charge on any atom is -0.364 e. The van der Waals surface area contributed by atoms with Gasteiger partial charge in [-0.05, 0) is 25.1 Å². The maximum absolute atomic E-state index is 13.2. The Labute approximate surface area is 143 Å². The van der Waals surface area contributed by atoms with Gasteiger partial charge in [-0.3, -0.25) is 13.4 Å². The van der Waals surface area contributed by atoms with Crippen LogP contribution < -0.4 is 4.31 Å². The molecule has 9 heteroatoms. The third-order valence-electron chi connectivity index (χ3n) is 5.45. The highest BCUT2D eigenvalue weighted by atomic mass is 32.3. The number of nitriles is 1. The van der Waals surface area contributed by atoms with Gasteiger partial charge in [-0.15, -0.1) is 10.8 Å². The van der Waals surface area contributed by atoms with Gasteiger partial charge in [0.1, 0.15) is 10.9 Å². The normalized spacial score (nSPS) is 36.4. The van der Waals surface area contributed by atoms with Crippen LogP contribution in [0.4, 0.5) is 18.9 Å². The van der Waals surface area contributed by atoms with Crippen LogP contribution in [0.2, 0.25) is 0 Å². The summed E-state index contributed by atoms with van der Waals surface area (Å²) in [6, 6.07) is 4.72. The zero-order chi connectivity index (χ0) is 18.2. The van der Waals surface area contributed by atoms with E-state index in [2.05, 4.69) is 0 Å². The fourth-order valence-corrected chi connectivity index (χ4v) is 6.31. The van der Waals surface area contributed by atoms with E-state index >= 15 is 0 Å². The van der Waals surface area contributed by atoms with E-state index in [9.17, 15) is 22.3 Å². The summed E-state index contributed by atoms with van der Waals surface area (Å²) in [4.78, 5) is 0. The molecule has 2 N–H and O–H groups in total. The van der Waals surface area contributed by atoms with E-state index in [-0.39, 0.29) is 24.3 Å². The van der Waals surface area contributed by atoms with Gasteiger partial charge in [0, 0.05) is 12.5 Å². The van der Waals surface area contributed by atoms with Crippen LogP contribution in [0.15, 0.2) is 30.4 Å². The minimum absolute atomic E-state index is 0.0429. The zero-order valence-electron chi connectivity index (χ0n) is 13.1. The number of hydrogen-bond donors (Lipinski definition) is 2. The first-order valence-electron chi connectivity index (χ1n) is 7.61. The molecular weight excluding hydrogens is 357 g/mol. The molecule has 3 heterocycles. The summed E-state index contributed by atoms with van der Waals surface area (Å²) in [6.45, 7) is 1.88. The molecule has 0 radical (unpaired) electrons. The number of ether oxygens (including phenoxy) is 1. The first-order chi connectivity index (χ1) is 11.6. The molecule has 0 aliphatic carbocycles. The molecule has 134 valence electrons. The zero-order valence-corrected chi connectivity index (χ0v) is 13.9. The number of alkyl halides is 3. The Morgan fingerprint density at radius 2 is 2.08 bits per heavy atom. The van der Waals surface area contributed by atoms with Gasteiger partial charge in [-0.1, -0.05) is 12.2 Å². The van der Waals surface area contributed by atoms with E-state index < -0.39 is 38.9 Å². The van der Waals surface area contributed by atoms with Crippen molar-refractivity contribution < 1.29 is 27.0 Å². The molecule has 2 fully saturated rings. The molecule has 2 saturated heterocycles. The quantitative estimate of drug-likeness (QED) is 0.734. The molecule has 4 atom stereocenters. The lowest BCUT2D eigenvalue weighted by molar-refractivity contribution is -0.137. The fourth-order valence-electron chi connectivity index (χ4n) is 4.00. The number of hydrogen-bond acceptors (Lipinski definition) is 5. The van der Waals surface area contributed by atoms with Crippen molar-refractivity contribution in [2.24, 2.45) is 5.92 Å². The number of fused-ring (bicyclic) bond motifs is 5. The fraction of sp³-hybridized carbons (Fsp3) is 0.438. The van der Waals surface area contributed by atoms with Crippen LogP contribution in [0.1, 0.15) is 18.1 Å². The van der Waals surface area contributed by atoms with Gasteiger partial charge in [0.25, 0.3) is 0 Å². The number of nitrogens with zero attached hydrogens (tertiary/aromatic N) is 2. The predicted molar refractivity (Wildman–Crippen MR) is 86.0 cm³/mol. The monoisotopic (exact) mass is 372 g/mol. The van der Waals surface area contributed by atoms with Gasteiger partial charge in [-0.2, -0.15) is 18.4 Å². The molecule has 3 aliphatic rings. The Morgan fingerprint density at radius 3 is 2.68 bits per heavy atom. The molecule has 0 aromatic heterocycles. The van der Waals surface area contributed by atoms with Crippen molar-refractivity contribution in [1.29, 1.82) is 5.26 Å². The van der Waals surface area contributed by atoms with Crippen molar-refractivity contribution >= 4 is 16.5 Å². The second kappa shape index (κ2) is 4.92. The third kappa shape index (κ3) is 2.02. The maximum Gasteiger partial charge on any atom is 0.417 e. The molecule has 2 bridgehead atoms. The van der Waals surface area contributed by atoms with Crippen LogP contribution in [0.25, 0.3) is 0 Å². The minimum atomic E-state index is -4.70. The predicted octanol–water partition coefficient (Wildman–Crippen LogP) is 3.77. The van der Waals surface area contributed by atoms with E-state index in [0.717, 1.165) is 12.1 Å². The number of anilines is 1. The summed E-state index contributed by atoms with van der Waals surface area (Å²) in [7, 11) is -3.42. The summed E-state index contributed by atoms with van der Waals surface area (Å²) in [5.74, 6) is -0.225. The Kier molecular flexibility index (Phi) is 3.29. The van der Waals surface area contributed by atoms with Crippen LogP contribution in [0.5, 0.6) is 0 Å². The first kappa shape index (κ1) is 16.7. The molecule has 4 rings (SSSR count). The molecular formula is C16H15F3N2O3S. The summed E-state index contributed by atoms with van der Waals surface area (Å²) in [5.41, 5.74) is -1.54. The molecule has 5 nitrogen and oxygen atoms in total. The van der Waals surface area contributed by atoms with Crippen molar-refractivity contribution in [3.8, 4) is 6.07 Å². The Bertz CT molecular complexity index is 820. The average Bonchev–Trinajstić information content (AvgIpc) is 3.17. The lowest BCUT2D eigenvalue weighted by Crippen LogP contribution is -2.43. The van der Waals surface area contributed by atoms with Gasteiger partial charge in [0.2, 0.25) is 0 Å². The van der Waals surface area contributed by atoms with Gasteiger partial charge in [0.15, 0.2) is 0 Å². The van der Waals surface area contributed by atoms with Gasteiger partial charge in [-0.25, -0.2) is 0 Å². The van der Waals surface area contributed by atoms with Gasteiger partial charge >= 0.3 is 6.18 Å². The van der Waals surface area contributed by atoms with Gasteiger partial charge < -0.3 is 4.74 Å². The second-order valence-electron chi connectivity index (χ2n) is 6.62. The standard InChI is InChI=1S/C16H15F3N2O3S/c1-15-12(13-4-5-14(15)24-13)8-21(25(15,22)23)10-3-2-9(7-20)11(6-10)16(17,18)19/h2-6,12-14,22-23H,8H2,1H3/t12-,13+,14-,15-/m0/s1. The van der Waals surface area contributed by atoms with Crippen molar-refractivity contribution in [3.63, 3.8) is 0 Å². The molecule has 25 heavy (non-hydrogen) atoms. The third-order valence-corrected chi connectivity index (χ3v) is 8.14. The molecule has 0 spiro atoms. The SMILES string of the molecule is C[C@@]12[C@@H]3C=C[C@@H](O3)[C@@H]1CN(c1ccc(C#N)c(C(F)(F)F)c1)S2(O)O. The van der Waals surface area contributed by atoms with Crippen LogP contribution in [-0.2, 0) is 10.9 Å². The van der Waals surface area contributed by atoms with Crippen LogP contribution >= 0.6 is 10.8 Å². The number of benzene rings is 1. The van der Waals surface area contributed by atoms with Crippen molar-refractivity contribution in [2.45, 2.75) is 30.1 Å². The van der Waals surface area contributed by atoms with E-state index in [1.807, 2.05) is 6.08 Å². The van der Waals surface area contributed by atoms with Crippen LogP contribution in [-0.4, -0.2) is 32.6 Å². The molecule has 0 amide bonds. The molecule has 0 saturated carbocycles. The Balaban J connectivity index is 1.79. The topological polar surface area (TPSA) is 76.7 Å². The van der Waals surface area contributed by atoms with Crippen LogP contribution in [0, 0.1) is 17.2 Å². The summed E-state index contributed by atoms with van der Waals surface area (Å²) in [6.07, 6.45) is -1.81. The van der Waals surface area contributed by atoms with Gasteiger partial charge in [0.05, 0.1) is 29.0 Å². The summed E-state index contributed by atoms with van der Waals surface area (Å²) in [5, 5.41) is 8.91. The second-order valence-corrected chi connectivity index (χ2v) is 8.97. The largest absolute Gasteiger partial charge is 0.417 e. The smallest absolute Gasteiger partial charge is 0.364 e. The summed E-state index contributed by atoms with van der Waals surface area (Å²) < 4.78 is 67.4. The molecule has 1 aromatic carbocycles. The van der Waals surface area contributed by atoms with Crippen molar-refractivity contribution in [1.82, 2.24) is 0 Å². The highest BCUT2D eigenvalue weighted by Gasteiger charge is 2.67. The highest BCUT2D eigenvalue weighted by molar-refractivity contribution is 8.26. The van der Waals surface area contributed by atoms with E-state index in [0.29, 0.717) is 0 Å². The van der Waals surface area contributed by atoms with Crippen molar-refractivity contribution in [3.05, 3.63) is 41.5 Å². The first-order valence-corrected chi connectivity index (χ1v) is 9.11. The molecule has 3 aliphatic heterocycles. The lowest BCUT2D eigenvalue weighted by Gasteiger charge is -2.49. The van der Waals surface area contributed by atoms with Crippen molar-refractivity contribution in [2.75, 3.05) is 10.8 Å². The van der Waals surface area contributed by atoms with Crippen LogP contribution in [0.3, 0.4) is 0 Å². The van der Waals surface area contributed by atoms with E-state index in [1.54, 1.807) is 13.0 Å². The van der Waals surface area contributed by atoms with E-state index in [1.165, 1.54) is 16.4 Å². The molecule has 1 aromatic rings. The number of rotatable bonds is 1.